The number of carbonyl (C=O) groups is 2. The maximum Gasteiger partial charge on any atom is 0.314 e. The molecule has 0 unspecified atom stereocenters. The molecule has 4 nitrogen and oxygen atoms in total. The van der Waals surface area contributed by atoms with Gasteiger partial charge in [-0.15, -0.1) is 11.3 Å². The van der Waals surface area contributed by atoms with Gasteiger partial charge in [0.1, 0.15) is 0 Å². The fourth-order valence-electron chi connectivity index (χ4n) is 4.04. The zero-order valence-electron chi connectivity index (χ0n) is 16.0. The van der Waals surface area contributed by atoms with Crippen molar-refractivity contribution < 1.29 is 14.7 Å². The topological polar surface area (TPSA) is 57.6 Å². The Morgan fingerprint density at radius 2 is 1.81 bits per heavy atom. The maximum absolute atomic E-state index is 12.6. The molecule has 1 aliphatic rings. The summed E-state index contributed by atoms with van der Waals surface area (Å²) in [6, 6.07) is 11.6. The number of hydrogen-bond donors (Lipinski definition) is 1. The van der Waals surface area contributed by atoms with E-state index in [1.807, 2.05) is 35.2 Å². The van der Waals surface area contributed by atoms with E-state index in [0.717, 1.165) is 18.4 Å². The van der Waals surface area contributed by atoms with Gasteiger partial charge in [0.15, 0.2) is 0 Å². The van der Waals surface area contributed by atoms with Gasteiger partial charge in [-0.3, -0.25) is 9.59 Å². The van der Waals surface area contributed by atoms with E-state index >= 15 is 0 Å². The van der Waals surface area contributed by atoms with Crippen LogP contribution in [0.25, 0.3) is 0 Å². The molecule has 0 spiro atoms. The molecule has 0 aliphatic carbocycles. The largest absolute Gasteiger partial charge is 0.481 e. The lowest BCUT2D eigenvalue weighted by molar-refractivity contribution is -0.148. The zero-order chi connectivity index (χ0) is 19.4. The second kappa shape index (κ2) is 8.26. The highest BCUT2D eigenvalue weighted by Gasteiger charge is 2.43. The minimum Gasteiger partial charge on any atom is -0.481 e. The molecule has 1 amide bonds. The first-order valence-corrected chi connectivity index (χ1v) is 10.4. The summed E-state index contributed by atoms with van der Waals surface area (Å²) in [6.07, 6.45) is 3.25. The Morgan fingerprint density at radius 3 is 2.37 bits per heavy atom. The van der Waals surface area contributed by atoms with E-state index in [4.69, 9.17) is 0 Å². The third-order valence-corrected chi connectivity index (χ3v) is 6.69. The molecule has 0 bridgehead atoms. The van der Waals surface area contributed by atoms with E-state index in [9.17, 15) is 14.7 Å². The first-order valence-electron chi connectivity index (χ1n) is 9.55. The predicted octanol–water partition coefficient (Wildman–Crippen LogP) is 4.33. The summed E-state index contributed by atoms with van der Waals surface area (Å²) in [5.74, 6) is -0.643. The minimum atomic E-state index is -0.872. The van der Waals surface area contributed by atoms with Crippen LogP contribution in [0.3, 0.4) is 0 Å². The highest BCUT2D eigenvalue weighted by atomic mass is 32.1. The summed E-state index contributed by atoms with van der Waals surface area (Å²) in [4.78, 5) is 29.1. The van der Waals surface area contributed by atoms with E-state index < -0.39 is 11.4 Å². The molecule has 0 atom stereocenters. The number of carboxylic acids is 1. The second-order valence-corrected chi connectivity index (χ2v) is 8.89. The molecule has 1 aromatic carbocycles. The standard InChI is InChI=1S/C22H27NO3S/c1-16-15-18(17(2)27-16)7-6-10-20(24)23-13-11-22(12-14-23,21(25)26)19-8-4-3-5-9-19/h3-5,8-9,15H,6-7,10-14H2,1-2H3,(H,25,26). The average molecular weight is 386 g/mol. The number of thiophene rings is 1. The minimum absolute atomic E-state index is 0.145. The van der Waals surface area contributed by atoms with E-state index in [1.54, 1.807) is 11.3 Å². The molecule has 1 N–H and O–H groups in total. The summed E-state index contributed by atoms with van der Waals surface area (Å²) in [7, 11) is 0. The number of piperidine rings is 1. The van der Waals surface area contributed by atoms with Crippen LogP contribution in [-0.4, -0.2) is 35.0 Å². The summed E-state index contributed by atoms with van der Waals surface area (Å²) in [5.41, 5.74) is 1.31. The fraction of sp³-hybridized carbons (Fsp3) is 0.455. The van der Waals surface area contributed by atoms with Crippen molar-refractivity contribution in [2.24, 2.45) is 0 Å². The Kier molecular flexibility index (Phi) is 6.00. The third kappa shape index (κ3) is 4.24. The smallest absolute Gasteiger partial charge is 0.314 e. The van der Waals surface area contributed by atoms with Gasteiger partial charge in [0.2, 0.25) is 5.91 Å². The summed E-state index contributed by atoms with van der Waals surface area (Å²) >= 11 is 1.81. The average Bonchev–Trinajstić information content (AvgIpc) is 2.99. The van der Waals surface area contributed by atoms with Crippen molar-refractivity contribution in [3.63, 3.8) is 0 Å². The first-order chi connectivity index (χ1) is 12.9. The Hall–Kier alpha value is -2.14. The highest BCUT2D eigenvalue weighted by Crippen LogP contribution is 2.36. The van der Waals surface area contributed by atoms with Crippen molar-refractivity contribution in [2.45, 2.75) is 51.4 Å². The van der Waals surface area contributed by atoms with E-state index in [-0.39, 0.29) is 5.91 Å². The predicted molar refractivity (Wildman–Crippen MR) is 108 cm³/mol. The lowest BCUT2D eigenvalue weighted by Crippen LogP contribution is -2.49. The number of rotatable bonds is 6. The van der Waals surface area contributed by atoms with Crippen LogP contribution in [0.2, 0.25) is 0 Å². The number of carboxylic acid groups (broad SMARTS) is 1. The van der Waals surface area contributed by atoms with Crippen molar-refractivity contribution in [3.05, 3.63) is 57.3 Å². The molecule has 2 aromatic rings. The number of likely N-dealkylation sites (tertiary alicyclic amines) is 1. The van der Waals surface area contributed by atoms with Crippen molar-refractivity contribution in [1.82, 2.24) is 4.90 Å². The van der Waals surface area contributed by atoms with Crippen molar-refractivity contribution >= 4 is 23.2 Å². The van der Waals surface area contributed by atoms with Crippen LogP contribution in [0.1, 0.15) is 46.6 Å². The fourth-order valence-corrected chi connectivity index (χ4v) is 5.02. The Labute approximate surface area is 164 Å². The van der Waals surface area contributed by atoms with Gasteiger partial charge in [-0.05, 0) is 56.7 Å². The quantitative estimate of drug-likeness (QED) is 0.805. The van der Waals surface area contributed by atoms with Crippen molar-refractivity contribution in [3.8, 4) is 0 Å². The number of carbonyl (C=O) groups excluding carboxylic acids is 1. The molecule has 1 saturated heterocycles. The van der Waals surface area contributed by atoms with Gasteiger partial charge in [0.05, 0.1) is 5.41 Å². The van der Waals surface area contributed by atoms with Crippen LogP contribution in [0.4, 0.5) is 0 Å². The molecule has 1 aliphatic heterocycles. The second-order valence-electron chi connectivity index (χ2n) is 7.43. The number of amides is 1. The van der Waals surface area contributed by atoms with Crippen LogP contribution in [0.5, 0.6) is 0 Å². The van der Waals surface area contributed by atoms with Gasteiger partial charge in [-0.1, -0.05) is 30.3 Å². The lowest BCUT2D eigenvalue weighted by atomic mass is 9.73. The first kappa shape index (κ1) is 19.6. The van der Waals surface area contributed by atoms with Crippen LogP contribution in [0.15, 0.2) is 36.4 Å². The molecule has 0 saturated carbocycles. The summed E-state index contributed by atoms with van der Waals surface area (Å²) in [6.45, 7) is 5.27. The zero-order valence-corrected chi connectivity index (χ0v) is 16.8. The maximum atomic E-state index is 12.6. The SMILES string of the molecule is Cc1cc(CCCC(=O)N2CCC(C(=O)O)(c3ccccc3)CC2)c(C)s1. The normalized spacial score (nSPS) is 16.3. The molecule has 5 heteroatoms. The number of aliphatic carboxylic acids is 1. The Balaban J connectivity index is 1.55. The van der Waals surface area contributed by atoms with Gasteiger partial charge in [0, 0.05) is 29.3 Å². The summed E-state index contributed by atoms with van der Waals surface area (Å²) in [5, 5.41) is 9.86. The van der Waals surface area contributed by atoms with E-state index in [1.165, 1.54) is 15.3 Å². The van der Waals surface area contributed by atoms with E-state index in [0.29, 0.717) is 32.4 Å². The monoisotopic (exact) mass is 385 g/mol. The van der Waals surface area contributed by atoms with Crippen LogP contribution in [-0.2, 0) is 21.4 Å². The molecule has 1 aromatic heterocycles. The number of hydrogen-bond acceptors (Lipinski definition) is 3. The summed E-state index contributed by atoms with van der Waals surface area (Å²) < 4.78 is 0. The number of aryl methyl sites for hydroxylation is 3. The number of nitrogens with zero attached hydrogens (tertiary/aromatic N) is 1. The molecule has 3 rings (SSSR count). The third-order valence-electron chi connectivity index (χ3n) is 5.69. The molecular formula is C22H27NO3S. The molecular weight excluding hydrogens is 358 g/mol. The van der Waals surface area contributed by atoms with E-state index in [2.05, 4.69) is 19.9 Å². The highest BCUT2D eigenvalue weighted by molar-refractivity contribution is 7.12. The van der Waals surface area contributed by atoms with Crippen molar-refractivity contribution in [1.29, 1.82) is 0 Å². The molecule has 0 radical (unpaired) electrons. The van der Waals surface area contributed by atoms with Gasteiger partial charge >= 0.3 is 5.97 Å². The Morgan fingerprint density at radius 1 is 1.15 bits per heavy atom. The van der Waals surface area contributed by atoms with Crippen molar-refractivity contribution in [2.75, 3.05) is 13.1 Å². The van der Waals surface area contributed by atoms with Gasteiger partial charge in [-0.2, -0.15) is 0 Å². The van der Waals surface area contributed by atoms with Gasteiger partial charge in [0.25, 0.3) is 0 Å². The van der Waals surface area contributed by atoms with Gasteiger partial charge < -0.3 is 10.0 Å². The number of benzene rings is 1. The van der Waals surface area contributed by atoms with Gasteiger partial charge in [-0.25, -0.2) is 0 Å². The molecule has 2 heterocycles. The Bertz CT molecular complexity index is 804. The van der Waals surface area contributed by atoms with Crippen LogP contribution in [0, 0.1) is 13.8 Å². The molecule has 1 fully saturated rings. The van der Waals surface area contributed by atoms with Crippen LogP contribution >= 0.6 is 11.3 Å². The lowest BCUT2D eigenvalue weighted by Gasteiger charge is -2.39. The van der Waals surface area contributed by atoms with Crippen LogP contribution < -0.4 is 0 Å². The molecule has 144 valence electrons. The molecule has 27 heavy (non-hydrogen) atoms.